The number of amides is 1. The summed E-state index contributed by atoms with van der Waals surface area (Å²) in [4.78, 5) is 18.8. The molecular weight excluding hydrogens is 384 g/mol. The average Bonchev–Trinajstić information content (AvgIpc) is 3.07. The van der Waals surface area contributed by atoms with Crippen LogP contribution in [0.1, 0.15) is 15.9 Å². The molecule has 1 heterocycles. The fraction of sp³-hybridized carbons (Fsp3) is 0. The number of ether oxygens (including phenoxy) is 2. The molecule has 0 saturated carbocycles. The quantitative estimate of drug-likeness (QED) is 0.245. The number of amidine groups is 1. The normalized spacial score (nSPS) is 10.7. The first-order valence-corrected chi connectivity index (χ1v) is 8.88. The first-order chi connectivity index (χ1) is 14.4. The van der Waals surface area contributed by atoms with E-state index in [1.807, 2.05) is 0 Å². The molecule has 4 aromatic rings. The Labute approximate surface area is 170 Å². The van der Waals surface area contributed by atoms with Gasteiger partial charge in [-0.3, -0.25) is 10.2 Å². The molecule has 0 fully saturated rings. The number of fused-ring (bicyclic) bond motifs is 1. The summed E-state index contributed by atoms with van der Waals surface area (Å²) in [5, 5.41) is 7.44. The summed E-state index contributed by atoms with van der Waals surface area (Å²) >= 11 is 0. The lowest BCUT2D eigenvalue weighted by Crippen LogP contribution is -2.11. The Hall–Kier alpha value is -4.53. The molecule has 1 amide bonds. The van der Waals surface area contributed by atoms with Crippen LogP contribution in [0.15, 0.2) is 60.7 Å². The molecular formula is C21H18N6O3. The number of rotatable bonds is 6. The molecule has 0 spiro atoms. The third kappa shape index (κ3) is 3.99. The molecule has 0 unspecified atom stereocenters. The summed E-state index contributed by atoms with van der Waals surface area (Å²) in [6.07, 6.45) is 0. The molecule has 0 aliphatic carbocycles. The molecule has 8 N–H and O–H groups in total. The number of H-pyrrole nitrogens is 1. The predicted octanol–water partition coefficient (Wildman–Crippen LogP) is 3.11. The first kappa shape index (κ1) is 18.8. The number of hydrogen-bond donors (Lipinski definition) is 5. The second kappa shape index (κ2) is 7.47. The van der Waals surface area contributed by atoms with Crippen LogP contribution in [0.5, 0.6) is 23.0 Å². The van der Waals surface area contributed by atoms with Gasteiger partial charge in [0.25, 0.3) is 0 Å². The Kier molecular flexibility index (Phi) is 4.69. The number of aromatic nitrogens is 2. The largest absolute Gasteiger partial charge is 0.457 e. The number of benzene rings is 3. The van der Waals surface area contributed by atoms with Crippen molar-refractivity contribution < 1.29 is 14.3 Å². The van der Waals surface area contributed by atoms with Gasteiger partial charge < -0.3 is 31.7 Å². The zero-order chi connectivity index (χ0) is 21.3. The van der Waals surface area contributed by atoms with E-state index in [0.717, 1.165) is 5.52 Å². The second-order valence-corrected chi connectivity index (χ2v) is 6.50. The third-order valence-corrected chi connectivity index (χ3v) is 4.27. The molecule has 0 radical (unpaired) electrons. The highest BCUT2D eigenvalue weighted by Crippen LogP contribution is 2.31. The summed E-state index contributed by atoms with van der Waals surface area (Å²) in [6.45, 7) is 0. The maximum absolute atomic E-state index is 11.8. The first-order valence-electron chi connectivity index (χ1n) is 8.88. The van der Waals surface area contributed by atoms with Gasteiger partial charge in [0.1, 0.15) is 28.8 Å². The number of nitrogen functional groups attached to an aromatic ring is 2. The number of hydrogen-bond acceptors (Lipinski definition) is 6. The zero-order valence-electron chi connectivity index (χ0n) is 15.7. The molecule has 9 heteroatoms. The number of carbonyl (C=O) groups excluding carboxylic acids is 1. The molecule has 0 atom stereocenters. The van der Waals surface area contributed by atoms with Gasteiger partial charge in [-0.25, -0.2) is 4.98 Å². The number of primary amides is 1. The van der Waals surface area contributed by atoms with E-state index >= 15 is 0 Å². The minimum Gasteiger partial charge on any atom is -0.457 e. The van der Waals surface area contributed by atoms with Gasteiger partial charge in [0.05, 0.1) is 11.0 Å². The Balaban J connectivity index is 1.63. The maximum Gasteiger partial charge on any atom is 0.248 e. The lowest BCUT2D eigenvalue weighted by atomic mass is 10.2. The van der Waals surface area contributed by atoms with E-state index in [4.69, 9.17) is 32.1 Å². The van der Waals surface area contributed by atoms with E-state index in [9.17, 15) is 4.79 Å². The number of anilines is 1. The summed E-state index contributed by atoms with van der Waals surface area (Å²) in [7, 11) is 0. The minimum atomic E-state index is -0.617. The van der Waals surface area contributed by atoms with Crippen molar-refractivity contribution in [3.05, 3.63) is 71.8 Å². The standard InChI is InChI=1S/C21H18N6O3/c22-19(23)11-1-3-13(4-2-11)29-15-7-12(20(24)28)8-16(9-15)30-14-5-6-17-18(10-14)27-21(25)26-17/h1-10H,(H3,22,23)(H2,24,28)(H3,25,26,27). The van der Waals surface area contributed by atoms with Gasteiger partial charge in [-0.1, -0.05) is 0 Å². The molecule has 0 aliphatic heterocycles. The summed E-state index contributed by atoms with van der Waals surface area (Å²) in [5.74, 6) is 1.41. The Morgan fingerprint density at radius 1 is 0.833 bits per heavy atom. The van der Waals surface area contributed by atoms with Crippen molar-refractivity contribution in [1.29, 1.82) is 5.41 Å². The number of aromatic amines is 1. The van der Waals surface area contributed by atoms with Crippen LogP contribution in [-0.2, 0) is 0 Å². The van der Waals surface area contributed by atoms with Crippen molar-refractivity contribution in [2.75, 3.05) is 5.73 Å². The van der Waals surface area contributed by atoms with Crippen LogP contribution in [0.2, 0.25) is 0 Å². The van der Waals surface area contributed by atoms with Gasteiger partial charge in [-0.2, -0.15) is 0 Å². The van der Waals surface area contributed by atoms with Crippen LogP contribution in [0.4, 0.5) is 5.95 Å². The summed E-state index contributed by atoms with van der Waals surface area (Å²) in [6, 6.07) is 16.6. The SMILES string of the molecule is N=C(N)c1ccc(Oc2cc(Oc3ccc4nc(N)[nH]c4c3)cc(C(N)=O)c2)cc1. The highest BCUT2D eigenvalue weighted by Gasteiger charge is 2.10. The predicted molar refractivity (Wildman–Crippen MR) is 113 cm³/mol. The van der Waals surface area contributed by atoms with Crippen LogP contribution in [0.3, 0.4) is 0 Å². The van der Waals surface area contributed by atoms with Crippen molar-refractivity contribution in [3.8, 4) is 23.0 Å². The number of imidazole rings is 1. The lowest BCUT2D eigenvalue weighted by molar-refractivity contribution is 0.0999. The monoisotopic (exact) mass is 402 g/mol. The number of nitrogens with two attached hydrogens (primary N) is 3. The molecule has 1 aromatic heterocycles. The Morgan fingerprint density at radius 3 is 2.10 bits per heavy atom. The average molecular weight is 402 g/mol. The topological polar surface area (TPSA) is 166 Å². The van der Waals surface area contributed by atoms with Gasteiger partial charge in [0.15, 0.2) is 5.95 Å². The van der Waals surface area contributed by atoms with Crippen LogP contribution in [0.25, 0.3) is 11.0 Å². The zero-order valence-corrected chi connectivity index (χ0v) is 15.7. The third-order valence-electron chi connectivity index (χ3n) is 4.27. The molecule has 3 aromatic carbocycles. The van der Waals surface area contributed by atoms with Gasteiger partial charge in [0.2, 0.25) is 5.91 Å². The van der Waals surface area contributed by atoms with E-state index in [1.165, 1.54) is 12.1 Å². The number of carbonyl (C=O) groups is 1. The van der Waals surface area contributed by atoms with E-state index in [0.29, 0.717) is 40.0 Å². The Morgan fingerprint density at radius 2 is 1.47 bits per heavy atom. The Bertz CT molecular complexity index is 1260. The van der Waals surface area contributed by atoms with Crippen molar-refractivity contribution in [2.45, 2.75) is 0 Å². The molecule has 9 nitrogen and oxygen atoms in total. The van der Waals surface area contributed by atoms with Crippen molar-refractivity contribution in [2.24, 2.45) is 11.5 Å². The van der Waals surface area contributed by atoms with Crippen molar-refractivity contribution in [1.82, 2.24) is 9.97 Å². The van der Waals surface area contributed by atoms with Crippen LogP contribution >= 0.6 is 0 Å². The fourth-order valence-electron chi connectivity index (χ4n) is 2.88. The molecule has 30 heavy (non-hydrogen) atoms. The van der Waals surface area contributed by atoms with Crippen molar-refractivity contribution in [3.63, 3.8) is 0 Å². The molecule has 150 valence electrons. The number of nitrogens with zero attached hydrogens (tertiary/aromatic N) is 1. The fourth-order valence-corrected chi connectivity index (χ4v) is 2.88. The van der Waals surface area contributed by atoms with Gasteiger partial charge in [0, 0.05) is 23.3 Å². The smallest absolute Gasteiger partial charge is 0.248 e. The van der Waals surface area contributed by atoms with Crippen LogP contribution < -0.4 is 26.7 Å². The number of nitrogens with one attached hydrogen (secondary N) is 2. The van der Waals surface area contributed by atoms with Gasteiger partial charge in [-0.05, 0) is 48.5 Å². The van der Waals surface area contributed by atoms with Gasteiger partial charge in [-0.15, -0.1) is 0 Å². The summed E-state index contributed by atoms with van der Waals surface area (Å²) in [5.41, 5.74) is 18.8. The molecule has 4 rings (SSSR count). The van der Waals surface area contributed by atoms with E-state index in [1.54, 1.807) is 48.5 Å². The van der Waals surface area contributed by atoms with Gasteiger partial charge >= 0.3 is 0 Å². The molecule has 0 saturated heterocycles. The maximum atomic E-state index is 11.8. The molecule has 0 aliphatic rings. The van der Waals surface area contributed by atoms with E-state index in [-0.39, 0.29) is 11.4 Å². The van der Waals surface area contributed by atoms with Crippen LogP contribution in [0, 0.1) is 5.41 Å². The minimum absolute atomic E-state index is 0.0380. The van der Waals surface area contributed by atoms with Crippen molar-refractivity contribution >= 4 is 28.7 Å². The highest BCUT2D eigenvalue weighted by atomic mass is 16.5. The highest BCUT2D eigenvalue weighted by molar-refractivity contribution is 5.95. The lowest BCUT2D eigenvalue weighted by Gasteiger charge is -2.11. The van der Waals surface area contributed by atoms with E-state index in [2.05, 4.69) is 9.97 Å². The van der Waals surface area contributed by atoms with Crippen LogP contribution in [-0.4, -0.2) is 21.7 Å². The van der Waals surface area contributed by atoms with E-state index < -0.39 is 5.91 Å². The second-order valence-electron chi connectivity index (χ2n) is 6.50. The molecule has 0 bridgehead atoms. The summed E-state index contributed by atoms with van der Waals surface area (Å²) < 4.78 is 11.7.